The molecule has 3 aromatic heterocycles. The number of benzene rings is 2. The fraction of sp³-hybridized carbons (Fsp3) is 0.231. The zero-order valence-corrected chi connectivity index (χ0v) is 18.0. The molecule has 3 heterocycles. The van der Waals surface area contributed by atoms with Crippen molar-refractivity contribution in [2.75, 3.05) is 0 Å². The second-order valence-corrected chi connectivity index (χ2v) is 8.19. The third-order valence-corrected chi connectivity index (χ3v) is 6.05. The van der Waals surface area contributed by atoms with Crippen LogP contribution in [0.4, 0.5) is 0 Å². The van der Waals surface area contributed by atoms with E-state index in [-0.39, 0.29) is 0 Å². The summed E-state index contributed by atoms with van der Waals surface area (Å²) in [5.41, 5.74) is 9.39. The van der Waals surface area contributed by atoms with Crippen LogP contribution in [0.1, 0.15) is 26.4 Å². The predicted octanol–water partition coefficient (Wildman–Crippen LogP) is 5.22. The molecule has 0 amide bonds. The Morgan fingerprint density at radius 1 is 0.933 bits per heavy atom. The molecule has 0 aliphatic heterocycles. The van der Waals surface area contributed by atoms with Crippen molar-refractivity contribution in [2.24, 2.45) is 14.1 Å². The van der Waals surface area contributed by atoms with Crippen molar-refractivity contribution in [3.8, 4) is 22.6 Å². The highest BCUT2D eigenvalue weighted by atomic mass is 15.2. The summed E-state index contributed by atoms with van der Waals surface area (Å²) in [6, 6.07) is 16.2. The highest BCUT2D eigenvalue weighted by molar-refractivity contribution is 5.81. The van der Waals surface area contributed by atoms with Gasteiger partial charge in [-0.05, 0) is 68.1 Å². The molecule has 0 N–H and O–H groups in total. The van der Waals surface area contributed by atoms with E-state index in [2.05, 4.69) is 44.9 Å². The van der Waals surface area contributed by atoms with Crippen LogP contribution in [0.25, 0.3) is 39.5 Å². The van der Waals surface area contributed by atoms with Crippen molar-refractivity contribution in [3.63, 3.8) is 0 Å². The molecule has 0 saturated carbocycles. The SMILES string of the molecule is [2H]C([2H])([2H])c1cc(-c2cc(C)cc(-c3cn4c5ccccc5nc4n3C)[n+]2C)c(C)cc1C. The zero-order valence-electron chi connectivity index (χ0n) is 21.0. The molecule has 0 aliphatic rings. The summed E-state index contributed by atoms with van der Waals surface area (Å²) in [5, 5.41) is 0. The van der Waals surface area contributed by atoms with Crippen LogP contribution in [0, 0.1) is 27.6 Å². The van der Waals surface area contributed by atoms with Gasteiger partial charge in [0.25, 0.3) is 0 Å². The minimum Gasteiger partial charge on any atom is -0.308 e. The van der Waals surface area contributed by atoms with E-state index >= 15 is 0 Å². The number of hydrogen-bond donors (Lipinski definition) is 0. The third-order valence-electron chi connectivity index (χ3n) is 6.05. The lowest BCUT2D eigenvalue weighted by Crippen LogP contribution is -2.35. The van der Waals surface area contributed by atoms with Gasteiger partial charge in [-0.15, -0.1) is 0 Å². The summed E-state index contributed by atoms with van der Waals surface area (Å²) in [7, 11) is 4.06. The molecule has 4 heteroatoms. The standard InChI is InChI=1S/C26H27N4/c1-16-11-23(20-14-18(3)17(2)13-19(20)4)28(5)24(12-16)25-15-30-22-10-8-7-9-21(22)27-26(30)29(25)6/h7-15H,1-6H3/q+1/i3D3. The maximum atomic E-state index is 7.97. The Balaban J connectivity index is 1.75. The average molecular weight is 399 g/mol. The van der Waals surface area contributed by atoms with E-state index in [1.165, 1.54) is 0 Å². The Hall–Kier alpha value is -3.40. The Bertz CT molecular complexity index is 1550. The second-order valence-electron chi connectivity index (χ2n) is 8.19. The van der Waals surface area contributed by atoms with Gasteiger partial charge in [0.15, 0.2) is 0 Å². The van der Waals surface area contributed by atoms with E-state index in [4.69, 9.17) is 9.10 Å². The quantitative estimate of drug-likeness (QED) is 0.375. The number of hydrogen-bond acceptors (Lipinski definition) is 1. The lowest BCUT2D eigenvalue weighted by atomic mass is 9.97. The van der Waals surface area contributed by atoms with Gasteiger partial charge in [-0.25, -0.2) is 4.98 Å². The Morgan fingerprint density at radius 3 is 2.50 bits per heavy atom. The number of aryl methyl sites for hydroxylation is 5. The molecule has 0 atom stereocenters. The highest BCUT2D eigenvalue weighted by Crippen LogP contribution is 2.29. The summed E-state index contributed by atoms with van der Waals surface area (Å²) in [5.74, 6) is 0.880. The van der Waals surface area contributed by atoms with Gasteiger partial charge in [-0.3, -0.25) is 4.40 Å². The fourth-order valence-corrected chi connectivity index (χ4v) is 4.38. The summed E-state index contributed by atoms with van der Waals surface area (Å²) >= 11 is 0. The molecule has 150 valence electrons. The number of aromatic nitrogens is 4. The summed E-state index contributed by atoms with van der Waals surface area (Å²) in [4.78, 5) is 4.81. The summed E-state index contributed by atoms with van der Waals surface area (Å²) in [6.45, 7) is 3.83. The molecular weight excluding hydrogens is 368 g/mol. The minimum absolute atomic E-state index is 0.398. The fourth-order valence-electron chi connectivity index (χ4n) is 4.38. The molecule has 30 heavy (non-hydrogen) atoms. The Labute approximate surface area is 181 Å². The largest absolute Gasteiger partial charge is 0.308 e. The first-order valence-electron chi connectivity index (χ1n) is 11.6. The van der Waals surface area contributed by atoms with Gasteiger partial charge in [0.2, 0.25) is 17.2 Å². The average Bonchev–Trinajstić information content (AvgIpc) is 3.25. The first kappa shape index (κ1) is 15.4. The number of para-hydroxylation sites is 2. The molecule has 0 fully saturated rings. The molecule has 4 nitrogen and oxygen atoms in total. The van der Waals surface area contributed by atoms with Crippen molar-refractivity contribution in [2.45, 2.75) is 27.6 Å². The lowest BCUT2D eigenvalue weighted by Gasteiger charge is -2.12. The zero-order chi connectivity index (χ0) is 23.7. The van der Waals surface area contributed by atoms with Crippen LogP contribution in [0.3, 0.4) is 0 Å². The number of fused-ring (bicyclic) bond motifs is 3. The number of nitrogens with zero attached hydrogens (tertiary/aromatic N) is 4. The maximum absolute atomic E-state index is 7.97. The van der Waals surface area contributed by atoms with Crippen LogP contribution < -0.4 is 4.57 Å². The number of imidazole rings is 2. The summed E-state index contributed by atoms with van der Waals surface area (Å²) < 4.78 is 30.3. The van der Waals surface area contributed by atoms with Gasteiger partial charge in [-0.2, -0.15) is 4.57 Å². The maximum Gasteiger partial charge on any atom is 0.231 e. The number of rotatable bonds is 2. The smallest absolute Gasteiger partial charge is 0.231 e. The van der Waals surface area contributed by atoms with Gasteiger partial charge >= 0.3 is 0 Å². The normalized spacial score (nSPS) is 13.6. The molecule has 0 bridgehead atoms. The van der Waals surface area contributed by atoms with Gasteiger partial charge in [0, 0.05) is 35.1 Å². The van der Waals surface area contributed by atoms with Crippen molar-refractivity contribution in [3.05, 3.63) is 77.0 Å². The molecular formula is C26H27N4+. The van der Waals surface area contributed by atoms with E-state index in [0.717, 1.165) is 56.1 Å². The van der Waals surface area contributed by atoms with Gasteiger partial charge in [-0.1, -0.05) is 18.2 Å². The molecule has 0 unspecified atom stereocenters. The minimum atomic E-state index is -2.15. The Kier molecular flexibility index (Phi) is 3.38. The topological polar surface area (TPSA) is 26.1 Å². The molecule has 0 spiro atoms. The molecule has 5 rings (SSSR count). The second kappa shape index (κ2) is 6.56. The van der Waals surface area contributed by atoms with Crippen molar-refractivity contribution >= 4 is 16.8 Å². The van der Waals surface area contributed by atoms with Gasteiger partial charge < -0.3 is 4.57 Å². The van der Waals surface area contributed by atoms with E-state index in [9.17, 15) is 0 Å². The van der Waals surface area contributed by atoms with Gasteiger partial charge in [0.05, 0.1) is 11.0 Å². The van der Waals surface area contributed by atoms with Crippen LogP contribution in [0.2, 0.25) is 0 Å². The van der Waals surface area contributed by atoms with Crippen LogP contribution in [-0.4, -0.2) is 14.0 Å². The number of pyridine rings is 1. The molecule has 0 aliphatic carbocycles. The van der Waals surface area contributed by atoms with Gasteiger partial charge in [0.1, 0.15) is 12.7 Å². The van der Waals surface area contributed by atoms with Crippen molar-refractivity contribution < 1.29 is 8.68 Å². The van der Waals surface area contributed by atoms with E-state index in [0.29, 0.717) is 5.56 Å². The third kappa shape index (κ3) is 2.67. The van der Waals surface area contributed by atoms with Crippen LogP contribution in [0.5, 0.6) is 0 Å². The molecule has 5 aromatic rings. The Morgan fingerprint density at radius 2 is 1.70 bits per heavy atom. The molecule has 0 radical (unpaired) electrons. The monoisotopic (exact) mass is 398 g/mol. The van der Waals surface area contributed by atoms with Crippen LogP contribution in [0.15, 0.2) is 54.7 Å². The molecule has 2 aromatic carbocycles. The van der Waals surface area contributed by atoms with Crippen LogP contribution in [-0.2, 0) is 14.1 Å². The summed E-state index contributed by atoms with van der Waals surface area (Å²) in [6.07, 6.45) is 2.12. The van der Waals surface area contributed by atoms with Crippen molar-refractivity contribution in [1.82, 2.24) is 14.0 Å². The van der Waals surface area contributed by atoms with E-state index in [1.807, 2.05) is 58.3 Å². The van der Waals surface area contributed by atoms with Crippen LogP contribution >= 0.6 is 0 Å². The lowest BCUT2D eigenvalue weighted by molar-refractivity contribution is -0.649. The predicted molar refractivity (Wildman–Crippen MR) is 123 cm³/mol. The highest BCUT2D eigenvalue weighted by Gasteiger charge is 2.23. The van der Waals surface area contributed by atoms with E-state index < -0.39 is 6.85 Å². The first-order chi connectivity index (χ1) is 15.6. The van der Waals surface area contributed by atoms with E-state index in [1.54, 1.807) is 0 Å². The van der Waals surface area contributed by atoms with Crippen molar-refractivity contribution in [1.29, 1.82) is 0 Å². The molecule has 0 saturated heterocycles. The first-order valence-corrected chi connectivity index (χ1v) is 10.1.